The normalized spacial score (nSPS) is 10.4. The second kappa shape index (κ2) is 7.74. The average molecular weight is 307 g/mol. The van der Waals surface area contributed by atoms with E-state index in [1.54, 1.807) is 6.07 Å². The molecule has 2 rings (SSSR count). The molecule has 0 atom stereocenters. The molecule has 0 bridgehead atoms. The van der Waals surface area contributed by atoms with Gasteiger partial charge in [-0.05, 0) is 43.1 Å². The first-order valence-electron chi connectivity index (χ1n) is 7.03. The largest absolute Gasteiger partial charge is 0.452 e. The van der Waals surface area contributed by atoms with Crippen LogP contribution in [0.2, 0.25) is 5.22 Å². The standard InChI is InChI=1S/C16H19ClN2O2/c1-2-19(13-7-4-3-5-8-13)11-6-10-18-16(20)14-9-12-21-15(14)17/h3-5,7-9,12H,2,6,10-11H2,1H3,(H,18,20). The summed E-state index contributed by atoms with van der Waals surface area (Å²) in [5.41, 5.74) is 1.58. The SMILES string of the molecule is CCN(CCCNC(=O)c1ccoc1Cl)c1ccccc1. The van der Waals surface area contributed by atoms with E-state index in [0.717, 1.165) is 19.5 Å². The molecular formula is C16H19ClN2O2. The highest BCUT2D eigenvalue weighted by Crippen LogP contribution is 2.16. The number of halogens is 1. The van der Waals surface area contributed by atoms with E-state index < -0.39 is 0 Å². The van der Waals surface area contributed by atoms with Crippen LogP contribution in [0.4, 0.5) is 5.69 Å². The summed E-state index contributed by atoms with van der Waals surface area (Å²) in [6, 6.07) is 11.8. The Morgan fingerprint density at radius 3 is 2.67 bits per heavy atom. The van der Waals surface area contributed by atoms with Gasteiger partial charge in [-0.25, -0.2) is 0 Å². The lowest BCUT2D eigenvalue weighted by atomic mass is 10.2. The Hall–Kier alpha value is -1.94. The number of para-hydroxylation sites is 1. The van der Waals surface area contributed by atoms with Crippen LogP contribution < -0.4 is 10.2 Å². The Morgan fingerprint density at radius 1 is 1.29 bits per heavy atom. The van der Waals surface area contributed by atoms with E-state index in [1.165, 1.54) is 12.0 Å². The molecule has 1 aromatic carbocycles. The van der Waals surface area contributed by atoms with E-state index in [1.807, 2.05) is 18.2 Å². The number of hydrogen-bond donors (Lipinski definition) is 1. The smallest absolute Gasteiger partial charge is 0.256 e. The van der Waals surface area contributed by atoms with Crippen molar-refractivity contribution in [1.82, 2.24) is 5.32 Å². The number of rotatable bonds is 7. The summed E-state index contributed by atoms with van der Waals surface area (Å²) in [6.45, 7) is 4.55. The predicted octanol–water partition coefficient (Wildman–Crippen LogP) is 3.58. The Labute approximate surface area is 129 Å². The predicted molar refractivity (Wildman–Crippen MR) is 85.0 cm³/mol. The highest BCUT2D eigenvalue weighted by molar-refractivity contribution is 6.32. The van der Waals surface area contributed by atoms with Crippen LogP contribution in [0.25, 0.3) is 0 Å². The maximum atomic E-state index is 11.8. The molecule has 4 nitrogen and oxygen atoms in total. The van der Waals surface area contributed by atoms with Gasteiger partial charge in [0.05, 0.1) is 11.8 Å². The topological polar surface area (TPSA) is 45.5 Å². The third-order valence-corrected chi connectivity index (χ3v) is 3.55. The molecule has 5 heteroatoms. The van der Waals surface area contributed by atoms with Gasteiger partial charge in [0.15, 0.2) is 0 Å². The fraction of sp³-hybridized carbons (Fsp3) is 0.312. The maximum absolute atomic E-state index is 11.8. The average Bonchev–Trinajstić information content (AvgIpc) is 2.94. The van der Waals surface area contributed by atoms with Crippen molar-refractivity contribution >= 4 is 23.2 Å². The van der Waals surface area contributed by atoms with Crippen LogP contribution >= 0.6 is 11.6 Å². The molecule has 0 saturated heterocycles. The number of carbonyl (C=O) groups is 1. The molecule has 1 N–H and O–H groups in total. The van der Waals surface area contributed by atoms with Gasteiger partial charge < -0.3 is 14.6 Å². The van der Waals surface area contributed by atoms with Crippen molar-refractivity contribution in [1.29, 1.82) is 0 Å². The third kappa shape index (κ3) is 4.26. The molecule has 0 aliphatic rings. The fourth-order valence-electron chi connectivity index (χ4n) is 2.13. The third-order valence-electron chi connectivity index (χ3n) is 3.26. The minimum absolute atomic E-state index is 0.131. The molecule has 21 heavy (non-hydrogen) atoms. The van der Waals surface area contributed by atoms with E-state index >= 15 is 0 Å². The Balaban J connectivity index is 1.76. The van der Waals surface area contributed by atoms with Crippen molar-refractivity contribution < 1.29 is 9.21 Å². The van der Waals surface area contributed by atoms with E-state index in [2.05, 4.69) is 29.3 Å². The highest BCUT2D eigenvalue weighted by Gasteiger charge is 2.12. The van der Waals surface area contributed by atoms with Crippen molar-refractivity contribution in [2.45, 2.75) is 13.3 Å². The molecule has 0 spiro atoms. The molecule has 1 amide bonds. The minimum atomic E-state index is -0.198. The van der Waals surface area contributed by atoms with Crippen molar-refractivity contribution in [3.8, 4) is 0 Å². The summed E-state index contributed by atoms with van der Waals surface area (Å²) < 4.78 is 4.90. The summed E-state index contributed by atoms with van der Waals surface area (Å²) in [6.07, 6.45) is 2.27. The van der Waals surface area contributed by atoms with Crippen LogP contribution in [0.3, 0.4) is 0 Å². The maximum Gasteiger partial charge on any atom is 0.256 e. The lowest BCUT2D eigenvalue weighted by Crippen LogP contribution is -2.29. The summed E-state index contributed by atoms with van der Waals surface area (Å²) in [5, 5.41) is 2.98. The quantitative estimate of drug-likeness (QED) is 0.795. The lowest BCUT2D eigenvalue weighted by molar-refractivity contribution is 0.0953. The van der Waals surface area contributed by atoms with Crippen molar-refractivity contribution in [2.24, 2.45) is 0 Å². The van der Waals surface area contributed by atoms with Crippen LogP contribution in [0, 0.1) is 0 Å². The summed E-state index contributed by atoms with van der Waals surface area (Å²) >= 11 is 5.76. The minimum Gasteiger partial charge on any atom is -0.452 e. The molecule has 0 aliphatic heterocycles. The Kier molecular flexibility index (Phi) is 5.69. The zero-order chi connectivity index (χ0) is 15.1. The van der Waals surface area contributed by atoms with E-state index in [4.69, 9.17) is 16.0 Å². The second-order valence-electron chi connectivity index (χ2n) is 4.63. The van der Waals surface area contributed by atoms with Gasteiger partial charge in [0.25, 0.3) is 5.91 Å². The Bertz CT molecular complexity index is 569. The number of nitrogens with one attached hydrogen (secondary N) is 1. The van der Waals surface area contributed by atoms with Gasteiger partial charge in [0.2, 0.25) is 5.22 Å². The van der Waals surface area contributed by atoms with E-state index in [-0.39, 0.29) is 11.1 Å². The molecule has 0 saturated carbocycles. The van der Waals surface area contributed by atoms with Crippen molar-refractivity contribution in [3.05, 3.63) is 53.4 Å². The molecule has 0 fully saturated rings. The van der Waals surface area contributed by atoms with E-state index in [9.17, 15) is 4.79 Å². The van der Waals surface area contributed by atoms with Crippen molar-refractivity contribution in [3.63, 3.8) is 0 Å². The molecule has 112 valence electrons. The van der Waals surface area contributed by atoms with Gasteiger partial charge in [-0.1, -0.05) is 18.2 Å². The zero-order valence-electron chi connectivity index (χ0n) is 12.0. The van der Waals surface area contributed by atoms with Crippen LogP contribution in [-0.4, -0.2) is 25.5 Å². The number of anilines is 1. The van der Waals surface area contributed by atoms with Crippen LogP contribution in [-0.2, 0) is 0 Å². The van der Waals surface area contributed by atoms with Gasteiger partial charge >= 0.3 is 0 Å². The summed E-state index contributed by atoms with van der Waals surface area (Å²) in [4.78, 5) is 14.1. The van der Waals surface area contributed by atoms with Gasteiger partial charge in [-0.15, -0.1) is 0 Å². The second-order valence-corrected chi connectivity index (χ2v) is 4.98. The number of nitrogens with zero attached hydrogens (tertiary/aromatic N) is 1. The van der Waals surface area contributed by atoms with Gasteiger partial charge in [0, 0.05) is 25.3 Å². The first-order valence-corrected chi connectivity index (χ1v) is 7.41. The Morgan fingerprint density at radius 2 is 2.05 bits per heavy atom. The zero-order valence-corrected chi connectivity index (χ0v) is 12.8. The molecule has 1 aromatic heterocycles. The monoisotopic (exact) mass is 306 g/mol. The molecule has 0 unspecified atom stereocenters. The molecule has 0 aliphatic carbocycles. The fourth-order valence-corrected chi connectivity index (χ4v) is 2.33. The van der Waals surface area contributed by atoms with Crippen LogP contribution in [0.5, 0.6) is 0 Å². The number of furan rings is 1. The van der Waals surface area contributed by atoms with Crippen molar-refractivity contribution in [2.75, 3.05) is 24.5 Å². The number of carbonyl (C=O) groups excluding carboxylic acids is 1. The first-order chi connectivity index (χ1) is 10.2. The highest BCUT2D eigenvalue weighted by atomic mass is 35.5. The molecule has 2 aromatic rings. The van der Waals surface area contributed by atoms with E-state index in [0.29, 0.717) is 12.1 Å². The number of hydrogen-bond acceptors (Lipinski definition) is 3. The number of amides is 1. The summed E-state index contributed by atoms with van der Waals surface area (Å²) in [7, 11) is 0. The lowest BCUT2D eigenvalue weighted by Gasteiger charge is -2.23. The van der Waals surface area contributed by atoms with Crippen LogP contribution in [0.15, 0.2) is 47.1 Å². The summed E-state index contributed by atoms with van der Waals surface area (Å²) in [5.74, 6) is -0.198. The number of benzene rings is 1. The van der Waals surface area contributed by atoms with Gasteiger partial charge in [-0.2, -0.15) is 0 Å². The molecule has 1 heterocycles. The van der Waals surface area contributed by atoms with Crippen LogP contribution in [0.1, 0.15) is 23.7 Å². The molecular weight excluding hydrogens is 288 g/mol. The first kappa shape index (κ1) is 15.4. The molecule has 0 radical (unpaired) electrons. The van der Waals surface area contributed by atoms with Gasteiger partial charge in [-0.3, -0.25) is 4.79 Å². The van der Waals surface area contributed by atoms with Gasteiger partial charge in [0.1, 0.15) is 0 Å².